The lowest BCUT2D eigenvalue weighted by molar-refractivity contribution is -0.151. The molecule has 0 spiro atoms. The van der Waals surface area contributed by atoms with Gasteiger partial charge in [-0.1, -0.05) is 52.3 Å². The molecule has 0 unspecified atom stereocenters. The van der Waals surface area contributed by atoms with Crippen molar-refractivity contribution in [3.05, 3.63) is 65.2 Å². The first kappa shape index (κ1) is 18.9. The molecule has 0 aliphatic carbocycles. The van der Waals surface area contributed by atoms with Crippen LogP contribution in [-0.4, -0.2) is 25.8 Å². The summed E-state index contributed by atoms with van der Waals surface area (Å²) in [7, 11) is 0. The average Bonchev–Trinajstić information content (AvgIpc) is 2.64. The van der Waals surface area contributed by atoms with E-state index in [0.29, 0.717) is 32.8 Å². The quantitative estimate of drug-likeness (QED) is 0.471. The van der Waals surface area contributed by atoms with Gasteiger partial charge in [-0.2, -0.15) is 0 Å². The summed E-state index contributed by atoms with van der Waals surface area (Å²) < 4.78 is 16.4. The van der Waals surface area contributed by atoms with Crippen molar-refractivity contribution in [3.8, 4) is 5.75 Å². The summed E-state index contributed by atoms with van der Waals surface area (Å²) in [5.41, 5.74) is 3.18. The molecule has 138 valence electrons. The zero-order chi connectivity index (χ0) is 18.4. The topological polar surface area (TPSA) is 44.8 Å². The van der Waals surface area contributed by atoms with Crippen LogP contribution < -0.4 is 4.74 Å². The maximum absolute atomic E-state index is 11.9. The molecule has 26 heavy (non-hydrogen) atoms. The van der Waals surface area contributed by atoms with E-state index in [1.54, 1.807) is 0 Å². The van der Waals surface area contributed by atoms with Gasteiger partial charge >= 0.3 is 5.97 Å². The summed E-state index contributed by atoms with van der Waals surface area (Å²) in [5, 5.41) is 0.833. The standard InChI is InChI=1S/C21H23BrO4/c1-2-25-20(23)11-21(14-24-15-21)18-6-8-19(9-7-18)26-13-17-5-3-4-16(10-17)12-22/h3-10H,2,11-15H2,1H3. The van der Waals surface area contributed by atoms with E-state index in [4.69, 9.17) is 14.2 Å². The van der Waals surface area contributed by atoms with E-state index in [1.165, 1.54) is 5.56 Å². The molecule has 0 bridgehead atoms. The van der Waals surface area contributed by atoms with E-state index in [1.807, 2.05) is 37.3 Å². The number of ether oxygens (including phenoxy) is 3. The molecular weight excluding hydrogens is 396 g/mol. The van der Waals surface area contributed by atoms with Gasteiger partial charge in [0.1, 0.15) is 12.4 Å². The molecule has 0 amide bonds. The second-order valence-corrected chi connectivity index (χ2v) is 7.08. The summed E-state index contributed by atoms with van der Waals surface area (Å²) in [6.45, 7) is 3.84. The summed E-state index contributed by atoms with van der Waals surface area (Å²) in [4.78, 5) is 11.9. The molecule has 0 aromatic heterocycles. The van der Waals surface area contributed by atoms with Gasteiger partial charge in [-0.15, -0.1) is 0 Å². The predicted octanol–water partition coefficient (Wildman–Crippen LogP) is 4.38. The molecule has 1 heterocycles. The lowest BCUT2D eigenvalue weighted by Gasteiger charge is -2.41. The summed E-state index contributed by atoms with van der Waals surface area (Å²) in [5.74, 6) is 0.632. The number of carbonyl (C=O) groups is 1. The molecule has 0 radical (unpaired) electrons. The van der Waals surface area contributed by atoms with Gasteiger partial charge in [-0.05, 0) is 35.7 Å². The van der Waals surface area contributed by atoms with Gasteiger partial charge in [0.2, 0.25) is 0 Å². The number of rotatable bonds is 8. The fourth-order valence-electron chi connectivity index (χ4n) is 3.08. The highest BCUT2D eigenvalue weighted by Crippen LogP contribution is 2.37. The Hall–Kier alpha value is -1.85. The van der Waals surface area contributed by atoms with Crippen LogP contribution in [0.5, 0.6) is 5.75 Å². The maximum Gasteiger partial charge on any atom is 0.306 e. The van der Waals surface area contributed by atoms with Crippen LogP contribution in [0.1, 0.15) is 30.0 Å². The van der Waals surface area contributed by atoms with Crippen molar-refractivity contribution in [1.82, 2.24) is 0 Å². The van der Waals surface area contributed by atoms with Gasteiger partial charge in [0.05, 0.1) is 31.7 Å². The first-order chi connectivity index (χ1) is 12.6. The van der Waals surface area contributed by atoms with Crippen LogP contribution in [0.15, 0.2) is 48.5 Å². The number of hydrogen-bond donors (Lipinski definition) is 0. The number of carbonyl (C=O) groups excluding carboxylic acids is 1. The van der Waals surface area contributed by atoms with E-state index < -0.39 is 0 Å². The van der Waals surface area contributed by atoms with Gasteiger partial charge in [-0.3, -0.25) is 4.79 Å². The zero-order valence-electron chi connectivity index (χ0n) is 14.9. The molecule has 1 aliphatic rings. The Morgan fingerprint density at radius 3 is 2.50 bits per heavy atom. The molecular formula is C21H23BrO4. The molecule has 0 saturated carbocycles. The molecule has 2 aromatic carbocycles. The number of benzene rings is 2. The minimum absolute atomic E-state index is 0.178. The molecule has 0 atom stereocenters. The lowest BCUT2D eigenvalue weighted by Crippen LogP contribution is -2.48. The van der Waals surface area contributed by atoms with E-state index in [9.17, 15) is 4.79 Å². The minimum Gasteiger partial charge on any atom is -0.489 e. The average molecular weight is 419 g/mol. The van der Waals surface area contributed by atoms with Crippen molar-refractivity contribution in [1.29, 1.82) is 0 Å². The molecule has 0 N–H and O–H groups in total. The summed E-state index contributed by atoms with van der Waals surface area (Å²) in [6.07, 6.45) is 0.348. The fourth-order valence-corrected chi connectivity index (χ4v) is 3.43. The van der Waals surface area contributed by atoms with Crippen LogP contribution in [0.4, 0.5) is 0 Å². The zero-order valence-corrected chi connectivity index (χ0v) is 16.5. The van der Waals surface area contributed by atoms with Crippen LogP contribution in [0.3, 0.4) is 0 Å². The van der Waals surface area contributed by atoms with E-state index in [0.717, 1.165) is 22.2 Å². The molecule has 5 heteroatoms. The monoisotopic (exact) mass is 418 g/mol. The fraction of sp³-hybridized carbons (Fsp3) is 0.381. The van der Waals surface area contributed by atoms with Gasteiger partial charge in [0.15, 0.2) is 0 Å². The number of alkyl halides is 1. The van der Waals surface area contributed by atoms with Gasteiger partial charge < -0.3 is 14.2 Å². The van der Waals surface area contributed by atoms with Crippen molar-refractivity contribution in [2.24, 2.45) is 0 Å². The Balaban J connectivity index is 1.63. The first-order valence-corrected chi connectivity index (χ1v) is 9.88. The van der Waals surface area contributed by atoms with Crippen LogP contribution in [0.25, 0.3) is 0 Å². The smallest absolute Gasteiger partial charge is 0.306 e. The molecule has 1 aliphatic heterocycles. The molecule has 4 nitrogen and oxygen atoms in total. The van der Waals surface area contributed by atoms with Gasteiger partial charge in [-0.25, -0.2) is 0 Å². The largest absolute Gasteiger partial charge is 0.489 e. The molecule has 2 aromatic rings. The molecule has 3 rings (SSSR count). The van der Waals surface area contributed by atoms with Crippen molar-refractivity contribution in [3.63, 3.8) is 0 Å². The molecule has 1 fully saturated rings. The van der Waals surface area contributed by atoms with Gasteiger partial charge in [0.25, 0.3) is 0 Å². The van der Waals surface area contributed by atoms with Crippen LogP contribution in [0.2, 0.25) is 0 Å². The maximum atomic E-state index is 11.9. The first-order valence-electron chi connectivity index (χ1n) is 8.76. The highest BCUT2D eigenvalue weighted by atomic mass is 79.9. The minimum atomic E-state index is -0.269. The Labute approximate surface area is 162 Å². The molecule has 1 saturated heterocycles. The summed E-state index contributed by atoms with van der Waals surface area (Å²) in [6, 6.07) is 16.2. The SMILES string of the molecule is CCOC(=O)CC1(c2ccc(OCc3cccc(CBr)c3)cc2)COC1. The second kappa shape index (κ2) is 8.69. The van der Waals surface area contributed by atoms with Crippen LogP contribution >= 0.6 is 15.9 Å². The highest BCUT2D eigenvalue weighted by Gasteiger charge is 2.42. The normalized spacial score (nSPS) is 15.2. The number of esters is 1. The third kappa shape index (κ3) is 4.46. The van der Waals surface area contributed by atoms with Crippen molar-refractivity contribution < 1.29 is 19.0 Å². The van der Waals surface area contributed by atoms with Crippen molar-refractivity contribution in [2.75, 3.05) is 19.8 Å². The van der Waals surface area contributed by atoms with Crippen LogP contribution in [-0.2, 0) is 31.6 Å². The Kier molecular flexibility index (Phi) is 6.33. The van der Waals surface area contributed by atoms with E-state index in [2.05, 4.69) is 34.1 Å². The predicted molar refractivity (Wildman–Crippen MR) is 104 cm³/mol. The third-order valence-electron chi connectivity index (χ3n) is 4.56. The van der Waals surface area contributed by atoms with Gasteiger partial charge in [0, 0.05) is 5.33 Å². The lowest BCUT2D eigenvalue weighted by atomic mass is 9.76. The Bertz CT molecular complexity index is 738. The summed E-state index contributed by atoms with van der Waals surface area (Å²) >= 11 is 3.47. The second-order valence-electron chi connectivity index (χ2n) is 6.52. The van der Waals surface area contributed by atoms with Crippen molar-refractivity contribution in [2.45, 2.75) is 30.7 Å². The number of halogens is 1. The highest BCUT2D eigenvalue weighted by molar-refractivity contribution is 9.08. The van der Waals surface area contributed by atoms with Crippen molar-refractivity contribution >= 4 is 21.9 Å². The van der Waals surface area contributed by atoms with E-state index >= 15 is 0 Å². The van der Waals surface area contributed by atoms with E-state index in [-0.39, 0.29) is 11.4 Å². The number of hydrogen-bond acceptors (Lipinski definition) is 4. The Morgan fingerprint density at radius 1 is 1.15 bits per heavy atom. The third-order valence-corrected chi connectivity index (χ3v) is 5.21. The Morgan fingerprint density at radius 2 is 1.88 bits per heavy atom. The van der Waals surface area contributed by atoms with Crippen LogP contribution in [0, 0.1) is 0 Å².